The van der Waals surface area contributed by atoms with E-state index in [0.717, 1.165) is 12.1 Å². The van der Waals surface area contributed by atoms with Crippen molar-refractivity contribution < 1.29 is 18.5 Å². The van der Waals surface area contributed by atoms with Gasteiger partial charge in [0.1, 0.15) is 11.5 Å². The highest BCUT2D eigenvalue weighted by molar-refractivity contribution is 6.13. The van der Waals surface area contributed by atoms with Crippen LogP contribution in [0, 0.1) is 22.9 Å². The number of carbonyl (C=O) groups excluding carboxylic acids is 1. The highest BCUT2D eigenvalue weighted by atomic mass is 19.1. The topological polar surface area (TPSA) is 98.3 Å². The fourth-order valence-corrected chi connectivity index (χ4v) is 2.99. The van der Waals surface area contributed by atoms with E-state index in [1.165, 1.54) is 6.07 Å². The highest BCUT2D eigenvalue weighted by Gasteiger charge is 2.18. The zero-order chi connectivity index (χ0) is 20.5. The summed E-state index contributed by atoms with van der Waals surface area (Å²) >= 11 is 0. The number of aryl methyl sites for hydroxylation is 1. The Morgan fingerprint density at radius 2 is 1.93 bits per heavy atom. The second kappa shape index (κ2) is 7.16. The molecule has 1 N–H and O–H groups in total. The molecule has 0 aliphatic rings. The summed E-state index contributed by atoms with van der Waals surface area (Å²) in [4.78, 5) is 27.6. The standard InChI is InChI=1S/C21H14FN3O4/c1-12-6-9-20(29-12)18-11-15(14-4-2-3-5-17(14)24-18)21(26)23-13-7-8-16(22)19(10-13)25(27)28/h2-11H,1H3,(H,23,26). The molecule has 0 saturated heterocycles. The SMILES string of the molecule is Cc1ccc(-c2cc(C(=O)Nc3ccc(F)c([N+](=O)[O-])c3)c3ccccc3n2)o1. The Balaban J connectivity index is 1.77. The van der Waals surface area contributed by atoms with E-state index in [0.29, 0.717) is 33.7 Å². The number of benzene rings is 2. The van der Waals surface area contributed by atoms with Crippen molar-refractivity contribution in [2.45, 2.75) is 6.92 Å². The van der Waals surface area contributed by atoms with Crippen LogP contribution in [0.4, 0.5) is 15.8 Å². The van der Waals surface area contributed by atoms with E-state index in [9.17, 15) is 19.3 Å². The number of aromatic nitrogens is 1. The van der Waals surface area contributed by atoms with E-state index in [-0.39, 0.29) is 5.69 Å². The third-order valence-corrected chi connectivity index (χ3v) is 4.35. The maximum atomic E-state index is 13.6. The van der Waals surface area contributed by atoms with E-state index in [4.69, 9.17) is 4.42 Å². The lowest BCUT2D eigenvalue weighted by atomic mass is 10.1. The molecule has 0 aliphatic heterocycles. The van der Waals surface area contributed by atoms with Gasteiger partial charge in [-0.3, -0.25) is 14.9 Å². The van der Waals surface area contributed by atoms with Crippen LogP contribution in [0.1, 0.15) is 16.1 Å². The number of amides is 1. The second-order valence-corrected chi connectivity index (χ2v) is 6.36. The first-order valence-corrected chi connectivity index (χ1v) is 8.64. The minimum absolute atomic E-state index is 0.111. The molecule has 0 atom stereocenters. The number of anilines is 1. The summed E-state index contributed by atoms with van der Waals surface area (Å²) < 4.78 is 19.2. The molecular weight excluding hydrogens is 377 g/mol. The van der Waals surface area contributed by atoms with Crippen molar-refractivity contribution in [2.24, 2.45) is 0 Å². The molecule has 2 aromatic heterocycles. The van der Waals surface area contributed by atoms with Gasteiger partial charge in [0.2, 0.25) is 5.82 Å². The quantitative estimate of drug-likeness (QED) is 0.385. The van der Waals surface area contributed by atoms with Gasteiger partial charge in [-0.25, -0.2) is 4.98 Å². The van der Waals surface area contributed by atoms with Crippen LogP contribution in [0.5, 0.6) is 0 Å². The van der Waals surface area contributed by atoms with Crippen LogP contribution in [0.2, 0.25) is 0 Å². The maximum Gasteiger partial charge on any atom is 0.306 e. The summed E-state index contributed by atoms with van der Waals surface area (Å²) in [7, 11) is 0. The zero-order valence-electron chi connectivity index (χ0n) is 15.2. The van der Waals surface area contributed by atoms with Crippen molar-refractivity contribution in [3.8, 4) is 11.5 Å². The van der Waals surface area contributed by atoms with E-state index in [2.05, 4.69) is 10.3 Å². The molecule has 0 unspecified atom stereocenters. The number of nitro benzene ring substituents is 1. The van der Waals surface area contributed by atoms with Gasteiger partial charge in [-0.1, -0.05) is 18.2 Å². The molecule has 0 aliphatic carbocycles. The number of furan rings is 1. The molecule has 2 heterocycles. The minimum atomic E-state index is -0.974. The number of halogens is 1. The number of fused-ring (bicyclic) bond motifs is 1. The van der Waals surface area contributed by atoms with Gasteiger partial charge < -0.3 is 9.73 Å². The van der Waals surface area contributed by atoms with Gasteiger partial charge in [-0.2, -0.15) is 4.39 Å². The number of hydrogen-bond donors (Lipinski definition) is 1. The summed E-state index contributed by atoms with van der Waals surface area (Å²) in [6.45, 7) is 1.81. The molecular formula is C21H14FN3O4. The first-order valence-electron chi connectivity index (χ1n) is 8.64. The van der Waals surface area contributed by atoms with Gasteiger partial charge in [-0.15, -0.1) is 0 Å². The summed E-state index contributed by atoms with van der Waals surface area (Å²) in [5.41, 5.74) is 0.779. The molecule has 4 aromatic rings. The highest BCUT2D eigenvalue weighted by Crippen LogP contribution is 2.28. The summed E-state index contributed by atoms with van der Waals surface area (Å²) in [6, 6.07) is 15.4. The average Bonchev–Trinajstić information content (AvgIpc) is 3.14. The Kier molecular flexibility index (Phi) is 4.52. The molecule has 8 heteroatoms. The lowest BCUT2D eigenvalue weighted by Crippen LogP contribution is -2.13. The zero-order valence-corrected chi connectivity index (χ0v) is 15.2. The van der Waals surface area contributed by atoms with Crippen LogP contribution < -0.4 is 5.32 Å². The van der Waals surface area contributed by atoms with Gasteiger partial charge in [0.25, 0.3) is 5.91 Å². The van der Waals surface area contributed by atoms with E-state index >= 15 is 0 Å². The summed E-state index contributed by atoms with van der Waals surface area (Å²) in [6.07, 6.45) is 0. The third kappa shape index (κ3) is 3.55. The van der Waals surface area contributed by atoms with Crippen molar-refractivity contribution >= 4 is 28.2 Å². The number of nitrogens with zero attached hydrogens (tertiary/aromatic N) is 2. The van der Waals surface area contributed by atoms with Gasteiger partial charge in [0.15, 0.2) is 5.76 Å². The number of hydrogen-bond acceptors (Lipinski definition) is 5. The van der Waals surface area contributed by atoms with Crippen LogP contribution in [-0.2, 0) is 0 Å². The number of para-hydroxylation sites is 1. The van der Waals surface area contributed by atoms with Crippen LogP contribution >= 0.6 is 0 Å². The average molecular weight is 391 g/mol. The smallest absolute Gasteiger partial charge is 0.306 e. The van der Waals surface area contributed by atoms with Gasteiger partial charge in [0.05, 0.1) is 16.0 Å². The predicted molar refractivity (Wildman–Crippen MR) is 105 cm³/mol. The predicted octanol–water partition coefficient (Wildman–Crippen LogP) is 5.10. The Labute approximate surface area is 164 Å². The Bertz CT molecular complexity index is 1270. The van der Waals surface area contributed by atoms with E-state index < -0.39 is 22.3 Å². The fraction of sp³-hybridized carbons (Fsp3) is 0.0476. The molecule has 0 fully saturated rings. The van der Waals surface area contributed by atoms with Gasteiger partial charge in [-0.05, 0) is 43.3 Å². The summed E-state index contributed by atoms with van der Waals surface area (Å²) in [5, 5.41) is 14.1. The molecule has 1 amide bonds. The summed E-state index contributed by atoms with van der Waals surface area (Å²) in [5.74, 6) is -0.258. The molecule has 0 saturated carbocycles. The molecule has 0 bridgehead atoms. The van der Waals surface area contributed by atoms with Crippen molar-refractivity contribution in [2.75, 3.05) is 5.32 Å². The van der Waals surface area contributed by atoms with Crippen molar-refractivity contribution in [3.63, 3.8) is 0 Å². The lowest BCUT2D eigenvalue weighted by molar-refractivity contribution is -0.387. The molecule has 2 aromatic carbocycles. The van der Waals surface area contributed by atoms with Gasteiger partial charge >= 0.3 is 5.69 Å². The van der Waals surface area contributed by atoms with Crippen molar-refractivity contribution in [1.29, 1.82) is 0 Å². The fourth-order valence-electron chi connectivity index (χ4n) is 2.99. The minimum Gasteiger partial charge on any atom is -0.460 e. The largest absolute Gasteiger partial charge is 0.460 e. The van der Waals surface area contributed by atoms with Crippen molar-refractivity contribution in [1.82, 2.24) is 4.98 Å². The number of nitrogens with one attached hydrogen (secondary N) is 1. The second-order valence-electron chi connectivity index (χ2n) is 6.36. The van der Waals surface area contributed by atoms with Crippen LogP contribution in [-0.4, -0.2) is 15.8 Å². The van der Waals surface area contributed by atoms with Crippen molar-refractivity contribution in [3.05, 3.63) is 87.9 Å². The molecule has 0 spiro atoms. The molecule has 29 heavy (non-hydrogen) atoms. The van der Waals surface area contributed by atoms with E-state index in [1.807, 2.05) is 0 Å². The molecule has 7 nitrogen and oxygen atoms in total. The Morgan fingerprint density at radius 3 is 2.66 bits per heavy atom. The monoisotopic (exact) mass is 391 g/mol. The number of rotatable bonds is 4. The Morgan fingerprint density at radius 1 is 1.14 bits per heavy atom. The van der Waals surface area contributed by atoms with E-state index in [1.54, 1.807) is 49.4 Å². The number of nitro groups is 1. The van der Waals surface area contributed by atoms with Gasteiger partial charge in [0, 0.05) is 17.1 Å². The third-order valence-electron chi connectivity index (χ3n) is 4.35. The molecule has 4 rings (SSSR count). The van der Waals surface area contributed by atoms with Crippen LogP contribution in [0.3, 0.4) is 0 Å². The Hall–Kier alpha value is -4.07. The molecule has 144 valence electrons. The van der Waals surface area contributed by atoms with Crippen LogP contribution in [0.25, 0.3) is 22.4 Å². The molecule has 0 radical (unpaired) electrons. The lowest BCUT2D eigenvalue weighted by Gasteiger charge is -2.10. The number of carbonyl (C=O) groups is 1. The first-order chi connectivity index (χ1) is 13.9. The normalized spacial score (nSPS) is 10.8. The first kappa shape index (κ1) is 18.3. The maximum absolute atomic E-state index is 13.6. The number of pyridine rings is 1. The van der Waals surface area contributed by atoms with Crippen LogP contribution in [0.15, 0.2) is 65.1 Å².